The van der Waals surface area contributed by atoms with Crippen LogP contribution in [-0.2, 0) is 0 Å². The Hall–Kier alpha value is -0.460. The molecule has 2 aromatic rings. The van der Waals surface area contributed by atoms with Crippen molar-refractivity contribution in [1.29, 1.82) is 0 Å². The number of nitrogens with one attached hydrogen (secondary N) is 1. The first-order valence-corrected chi connectivity index (χ1v) is 8.22. The van der Waals surface area contributed by atoms with E-state index in [2.05, 4.69) is 42.4 Å². The van der Waals surface area contributed by atoms with Gasteiger partial charge in [0.25, 0.3) is 0 Å². The van der Waals surface area contributed by atoms with Crippen LogP contribution in [0.25, 0.3) is 0 Å². The average molecular weight is 473 g/mol. The lowest BCUT2D eigenvalue weighted by molar-refractivity contribution is 0.471. The summed E-state index contributed by atoms with van der Waals surface area (Å²) in [6.07, 6.45) is 1.45. The van der Waals surface area contributed by atoms with E-state index in [0.717, 1.165) is 4.47 Å². The number of phenols is 1. The summed E-state index contributed by atoms with van der Waals surface area (Å²) in [7, 11) is 0. The minimum absolute atomic E-state index is 0.0806. The zero-order valence-corrected chi connectivity index (χ0v) is 15.6. The van der Waals surface area contributed by atoms with E-state index in [1.165, 1.54) is 6.21 Å². The molecule has 0 bridgehead atoms. The maximum absolute atomic E-state index is 9.91. The van der Waals surface area contributed by atoms with Gasteiger partial charge in [0.2, 0.25) is 0 Å². The summed E-state index contributed by atoms with van der Waals surface area (Å²) in [6.45, 7) is 0. The predicted octanol–water partition coefficient (Wildman–Crippen LogP) is 6.32. The maximum Gasteiger partial charge on any atom is 0.138 e. The number of rotatable bonds is 3. The van der Waals surface area contributed by atoms with Gasteiger partial charge in [-0.05, 0) is 40.2 Å². The van der Waals surface area contributed by atoms with Crippen molar-refractivity contribution < 1.29 is 5.11 Å². The molecule has 0 aliphatic carbocycles. The van der Waals surface area contributed by atoms with Crippen LogP contribution in [-0.4, -0.2) is 11.3 Å². The minimum Gasteiger partial charge on any atom is -0.506 e. The van der Waals surface area contributed by atoms with E-state index in [1.54, 1.807) is 24.3 Å². The Bertz CT molecular complexity index is 700. The van der Waals surface area contributed by atoms with Crippen LogP contribution in [0.1, 0.15) is 5.56 Å². The third-order valence-corrected chi connectivity index (χ3v) is 4.32. The van der Waals surface area contributed by atoms with Gasteiger partial charge >= 0.3 is 0 Å². The fourth-order valence-corrected chi connectivity index (χ4v) is 3.66. The Morgan fingerprint density at radius 3 is 2.29 bits per heavy atom. The molecule has 0 amide bonds. The standard InChI is InChI=1S/C13H7Br2Cl3N2O/c14-7-1-6(13(21)9(15)2-7)5-19-20-12-10(17)3-8(16)4-11(12)18/h1-5,20-21H. The van der Waals surface area contributed by atoms with E-state index in [4.69, 9.17) is 34.8 Å². The molecule has 2 N–H and O–H groups in total. The fraction of sp³-hybridized carbons (Fsp3) is 0. The van der Waals surface area contributed by atoms with Gasteiger partial charge in [0.05, 0.1) is 26.4 Å². The molecule has 0 radical (unpaired) electrons. The summed E-state index contributed by atoms with van der Waals surface area (Å²) < 4.78 is 1.36. The first-order valence-electron chi connectivity index (χ1n) is 5.50. The Balaban J connectivity index is 2.25. The van der Waals surface area contributed by atoms with Crippen molar-refractivity contribution in [3.63, 3.8) is 0 Å². The van der Waals surface area contributed by atoms with Crippen molar-refractivity contribution >= 4 is 78.6 Å². The van der Waals surface area contributed by atoms with Crippen LogP contribution in [0, 0.1) is 0 Å². The zero-order valence-electron chi connectivity index (χ0n) is 10.2. The first-order chi connectivity index (χ1) is 9.88. The molecule has 110 valence electrons. The second kappa shape index (κ2) is 7.20. The second-order valence-corrected chi connectivity index (χ2v) is 6.96. The molecule has 0 aliphatic rings. The smallest absolute Gasteiger partial charge is 0.138 e. The van der Waals surface area contributed by atoms with Gasteiger partial charge in [-0.3, -0.25) is 5.43 Å². The Labute approximate surface area is 153 Å². The number of anilines is 1. The van der Waals surface area contributed by atoms with Gasteiger partial charge in [0.15, 0.2) is 0 Å². The lowest BCUT2D eigenvalue weighted by Gasteiger charge is -2.07. The monoisotopic (exact) mass is 470 g/mol. The Morgan fingerprint density at radius 1 is 1.05 bits per heavy atom. The molecule has 0 unspecified atom stereocenters. The van der Waals surface area contributed by atoms with Crippen LogP contribution in [0.5, 0.6) is 5.75 Å². The van der Waals surface area contributed by atoms with E-state index in [1.807, 2.05) is 0 Å². The topological polar surface area (TPSA) is 44.6 Å². The van der Waals surface area contributed by atoms with Crippen LogP contribution < -0.4 is 5.43 Å². The molecular formula is C13H7Br2Cl3N2O. The molecule has 0 atom stereocenters. The summed E-state index contributed by atoms with van der Waals surface area (Å²) in [5.41, 5.74) is 3.68. The van der Waals surface area contributed by atoms with E-state index >= 15 is 0 Å². The largest absolute Gasteiger partial charge is 0.506 e. The highest BCUT2D eigenvalue weighted by Gasteiger charge is 2.08. The first kappa shape index (κ1) is 16.9. The Morgan fingerprint density at radius 2 is 1.67 bits per heavy atom. The quantitative estimate of drug-likeness (QED) is 0.405. The molecule has 0 spiro atoms. The number of phenolic OH excluding ortho intramolecular Hbond substituents is 1. The highest BCUT2D eigenvalue weighted by Crippen LogP contribution is 2.34. The normalized spacial score (nSPS) is 11.1. The number of hydrogen-bond acceptors (Lipinski definition) is 3. The summed E-state index contributed by atoms with van der Waals surface area (Å²) in [5, 5.41) is 15.1. The van der Waals surface area contributed by atoms with Gasteiger partial charge in [-0.25, -0.2) is 0 Å². The van der Waals surface area contributed by atoms with Gasteiger partial charge < -0.3 is 5.11 Å². The highest BCUT2D eigenvalue weighted by atomic mass is 79.9. The molecule has 0 saturated carbocycles. The van der Waals surface area contributed by atoms with E-state index < -0.39 is 0 Å². The predicted molar refractivity (Wildman–Crippen MR) is 96.2 cm³/mol. The molecule has 0 aliphatic heterocycles. The summed E-state index contributed by atoms with van der Waals surface area (Å²) in [5.74, 6) is 0.0806. The van der Waals surface area contributed by atoms with Crippen LogP contribution in [0.3, 0.4) is 0 Å². The number of hydrogen-bond donors (Lipinski definition) is 2. The molecule has 0 heterocycles. The zero-order chi connectivity index (χ0) is 15.6. The Kier molecular flexibility index (Phi) is 5.80. The van der Waals surface area contributed by atoms with Crippen LogP contribution in [0.4, 0.5) is 5.69 Å². The third kappa shape index (κ3) is 4.27. The van der Waals surface area contributed by atoms with Crippen molar-refractivity contribution in [3.05, 3.63) is 53.8 Å². The van der Waals surface area contributed by atoms with Gasteiger partial charge in [-0.15, -0.1) is 0 Å². The van der Waals surface area contributed by atoms with Gasteiger partial charge in [0, 0.05) is 15.1 Å². The molecule has 3 nitrogen and oxygen atoms in total. The number of halogens is 5. The van der Waals surface area contributed by atoms with Crippen molar-refractivity contribution in [2.45, 2.75) is 0 Å². The van der Waals surface area contributed by atoms with Crippen LogP contribution in [0.15, 0.2) is 38.3 Å². The van der Waals surface area contributed by atoms with Gasteiger partial charge in [0.1, 0.15) is 5.75 Å². The molecule has 2 aromatic carbocycles. The van der Waals surface area contributed by atoms with Crippen LogP contribution >= 0.6 is 66.7 Å². The number of benzene rings is 2. The minimum atomic E-state index is 0.0806. The molecule has 0 aromatic heterocycles. The number of hydrazone groups is 1. The molecule has 8 heteroatoms. The van der Waals surface area contributed by atoms with Crippen molar-refractivity contribution in [3.8, 4) is 5.75 Å². The second-order valence-electron chi connectivity index (χ2n) is 3.94. The van der Waals surface area contributed by atoms with Gasteiger partial charge in [-0.2, -0.15) is 5.10 Å². The molecule has 0 fully saturated rings. The SMILES string of the molecule is Oc1c(Br)cc(Br)cc1C=NNc1c(Cl)cc(Cl)cc1Cl. The average Bonchev–Trinajstić information content (AvgIpc) is 2.37. The third-order valence-electron chi connectivity index (χ3n) is 2.44. The number of nitrogens with zero attached hydrogens (tertiary/aromatic N) is 1. The van der Waals surface area contributed by atoms with Crippen LogP contribution in [0.2, 0.25) is 15.1 Å². The van der Waals surface area contributed by atoms with Gasteiger partial charge in [-0.1, -0.05) is 50.7 Å². The van der Waals surface area contributed by atoms with Crippen molar-refractivity contribution in [2.24, 2.45) is 5.10 Å². The highest BCUT2D eigenvalue weighted by molar-refractivity contribution is 9.11. The maximum atomic E-state index is 9.91. The van der Waals surface area contributed by atoms with Crippen molar-refractivity contribution in [2.75, 3.05) is 5.43 Å². The summed E-state index contributed by atoms with van der Waals surface area (Å²) in [6, 6.07) is 6.56. The van der Waals surface area contributed by atoms with E-state index in [9.17, 15) is 5.11 Å². The molecule has 2 rings (SSSR count). The van der Waals surface area contributed by atoms with E-state index in [0.29, 0.717) is 30.8 Å². The lowest BCUT2D eigenvalue weighted by Crippen LogP contribution is -1.93. The van der Waals surface area contributed by atoms with Crippen molar-refractivity contribution in [1.82, 2.24) is 0 Å². The summed E-state index contributed by atoms with van der Waals surface area (Å²) in [4.78, 5) is 0. The molecule has 21 heavy (non-hydrogen) atoms. The molecular weight excluding hydrogens is 466 g/mol. The molecule has 0 saturated heterocycles. The fourth-order valence-electron chi connectivity index (χ4n) is 1.50. The number of aromatic hydroxyl groups is 1. The lowest BCUT2D eigenvalue weighted by atomic mass is 10.2. The van der Waals surface area contributed by atoms with E-state index in [-0.39, 0.29) is 5.75 Å². The summed E-state index contributed by atoms with van der Waals surface area (Å²) >= 11 is 24.5.